The fourth-order valence-electron chi connectivity index (χ4n) is 5.38. The van der Waals surface area contributed by atoms with Crippen LogP contribution in [0, 0.1) is 0 Å². The predicted molar refractivity (Wildman–Crippen MR) is 175 cm³/mol. The predicted octanol–water partition coefficient (Wildman–Crippen LogP) is 5.63. The average molecular weight is 638 g/mol. The van der Waals surface area contributed by atoms with Crippen molar-refractivity contribution in [3.05, 3.63) is 83.4 Å². The summed E-state index contributed by atoms with van der Waals surface area (Å²) < 4.78 is 37.0. The molecule has 3 aromatic rings. The maximum Gasteiger partial charge on any atom is 0.410 e. The fourth-order valence-corrected chi connectivity index (χ4v) is 5.83. The number of carbonyl (C=O) groups is 2. The van der Waals surface area contributed by atoms with Crippen molar-refractivity contribution in [3.63, 3.8) is 0 Å². The summed E-state index contributed by atoms with van der Waals surface area (Å²) in [6.45, 7) is 5.72. The normalized spacial score (nSPS) is 14.5. The van der Waals surface area contributed by atoms with Crippen LogP contribution >= 0.6 is 0 Å². The molecule has 0 aromatic heterocycles. The first-order chi connectivity index (χ1) is 21.2. The minimum Gasteiger partial charge on any atom is -0.492 e. The van der Waals surface area contributed by atoms with Gasteiger partial charge in [0.1, 0.15) is 18.0 Å². The van der Waals surface area contributed by atoms with Crippen molar-refractivity contribution in [2.24, 2.45) is 0 Å². The van der Waals surface area contributed by atoms with Gasteiger partial charge in [-0.05, 0) is 92.1 Å². The number of benzene rings is 3. The maximum atomic E-state index is 12.9. The zero-order valence-electron chi connectivity index (χ0n) is 26.3. The van der Waals surface area contributed by atoms with Crippen LogP contribution in [0.25, 0.3) is 11.1 Å². The van der Waals surface area contributed by atoms with Crippen molar-refractivity contribution in [2.45, 2.75) is 64.1 Å². The highest BCUT2D eigenvalue weighted by atomic mass is 32.2. The third-order valence-corrected chi connectivity index (χ3v) is 8.11. The number of nitrogen functional groups attached to an aromatic ring is 1. The van der Waals surface area contributed by atoms with E-state index >= 15 is 0 Å². The van der Waals surface area contributed by atoms with Crippen LogP contribution in [0.2, 0.25) is 0 Å². The number of carbonyl (C=O) groups excluding carboxylic acids is 2. The summed E-state index contributed by atoms with van der Waals surface area (Å²) in [7, 11) is -3.68. The zero-order chi connectivity index (χ0) is 32.8. The molecule has 0 heterocycles. The van der Waals surface area contributed by atoms with Gasteiger partial charge in [0.25, 0.3) is 5.91 Å². The van der Waals surface area contributed by atoms with Crippen molar-refractivity contribution in [2.75, 3.05) is 31.7 Å². The number of ether oxygens (including phenoxy) is 2. The molecule has 4 rings (SSSR count). The summed E-state index contributed by atoms with van der Waals surface area (Å²) in [6, 6.07) is 19.8. The summed E-state index contributed by atoms with van der Waals surface area (Å²) in [5, 5.41) is 10.8. The first-order valence-electron chi connectivity index (χ1n) is 15.1. The van der Waals surface area contributed by atoms with Gasteiger partial charge < -0.3 is 25.2 Å². The Morgan fingerprint density at radius 3 is 2.22 bits per heavy atom. The van der Waals surface area contributed by atoms with E-state index in [1.165, 1.54) is 4.90 Å². The van der Waals surface area contributed by atoms with Crippen molar-refractivity contribution in [1.29, 1.82) is 0 Å². The van der Waals surface area contributed by atoms with E-state index in [4.69, 9.17) is 15.2 Å². The molecule has 0 unspecified atom stereocenters. The summed E-state index contributed by atoms with van der Waals surface area (Å²) in [5.41, 5.74) is 9.34. The lowest BCUT2D eigenvalue weighted by atomic mass is 9.89. The Morgan fingerprint density at radius 2 is 1.62 bits per heavy atom. The summed E-state index contributed by atoms with van der Waals surface area (Å²) in [6.07, 6.45) is 3.52. The van der Waals surface area contributed by atoms with E-state index in [9.17, 15) is 23.1 Å². The maximum absolute atomic E-state index is 12.9. The highest BCUT2D eigenvalue weighted by Gasteiger charge is 2.26. The molecule has 1 aliphatic rings. The van der Waals surface area contributed by atoms with Gasteiger partial charge in [-0.25, -0.2) is 17.9 Å². The molecule has 0 spiro atoms. The molecule has 1 aliphatic carbocycles. The lowest BCUT2D eigenvalue weighted by molar-refractivity contribution is 0.0117. The number of nitrogens with zero attached hydrogens (tertiary/aromatic N) is 1. The topological polar surface area (TPSA) is 148 Å². The molecule has 242 valence electrons. The van der Waals surface area contributed by atoms with Crippen LogP contribution in [0.3, 0.4) is 0 Å². The standard InChI is InChI=1S/C34H43N3O7S/c1-34(2,3)44-33(40)37(22-31(38)25-9-14-27(35)15-10-25)19-20-43-28-16-11-23(12-17-28)26-13-18-29(32(39)36-45(4,41)42)30(21-26)24-7-5-6-8-24/h9-18,21,24,31,38H,5-8,19-20,22,35H2,1-4H3,(H,36,39)/t31-/m0/s1. The first kappa shape index (κ1) is 33.8. The van der Waals surface area contributed by atoms with E-state index in [0.29, 0.717) is 22.6 Å². The van der Waals surface area contributed by atoms with Crippen molar-refractivity contribution < 1.29 is 32.6 Å². The number of aliphatic hydroxyl groups excluding tert-OH is 1. The third kappa shape index (κ3) is 9.95. The summed E-state index contributed by atoms with van der Waals surface area (Å²) in [4.78, 5) is 27.1. The van der Waals surface area contributed by atoms with E-state index in [-0.39, 0.29) is 25.6 Å². The molecule has 1 saturated carbocycles. The smallest absolute Gasteiger partial charge is 0.410 e. The number of hydrogen-bond acceptors (Lipinski definition) is 8. The molecule has 0 bridgehead atoms. The van der Waals surface area contributed by atoms with E-state index in [1.807, 2.05) is 36.4 Å². The highest BCUT2D eigenvalue weighted by molar-refractivity contribution is 7.89. The fraction of sp³-hybridized carbons (Fsp3) is 0.412. The monoisotopic (exact) mass is 637 g/mol. The number of aliphatic hydroxyl groups is 1. The molecule has 2 amide bonds. The number of nitrogens with one attached hydrogen (secondary N) is 1. The molecule has 1 fully saturated rings. The summed E-state index contributed by atoms with van der Waals surface area (Å²) >= 11 is 0. The van der Waals surface area contributed by atoms with E-state index < -0.39 is 33.7 Å². The molecule has 10 nitrogen and oxygen atoms in total. The number of amides is 2. The van der Waals surface area contributed by atoms with E-state index in [1.54, 1.807) is 51.1 Å². The number of hydrogen-bond donors (Lipinski definition) is 3. The Kier molecular flexibility index (Phi) is 10.8. The van der Waals surface area contributed by atoms with Crippen LogP contribution in [0.4, 0.5) is 10.5 Å². The second-order valence-corrected chi connectivity index (χ2v) is 14.2. The molecule has 1 atom stereocenters. The Hall–Kier alpha value is -4.09. The first-order valence-corrected chi connectivity index (χ1v) is 17.0. The van der Waals surface area contributed by atoms with Gasteiger partial charge in [0, 0.05) is 11.3 Å². The van der Waals surface area contributed by atoms with Gasteiger partial charge in [-0.1, -0.05) is 49.2 Å². The average Bonchev–Trinajstić information content (AvgIpc) is 3.50. The molecular formula is C34H43N3O7S. The van der Waals surface area contributed by atoms with Gasteiger partial charge in [-0.2, -0.15) is 0 Å². The second kappa shape index (κ2) is 14.3. The van der Waals surface area contributed by atoms with Gasteiger partial charge in [-0.15, -0.1) is 0 Å². The van der Waals surface area contributed by atoms with Gasteiger partial charge in [0.05, 0.1) is 25.4 Å². The largest absolute Gasteiger partial charge is 0.492 e. The highest BCUT2D eigenvalue weighted by Crippen LogP contribution is 2.38. The molecule has 0 radical (unpaired) electrons. The van der Waals surface area contributed by atoms with Gasteiger partial charge in [-0.3, -0.25) is 4.79 Å². The quantitative estimate of drug-likeness (QED) is 0.229. The van der Waals surface area contributed by atoms with Crippen LogP contribution < -0.4 is 15.2 Å². The van der Waals surface area contributed by atoms with Crippen LogP contribution in [-0.2, 0) is 14.8 Å². The Labute approximate surface area is 265 Å². The molecular weight excluding hydrogens is 594 g/mol. The zero-order valence-corrected chi connectivity index (χ0v) is 27.1. The van der Waals surface area contributed by atoms with Crippen LogP contribution in [0.1, 0.15) is 80.0 Å². The van der Waals surface area contributed by atoms with Crippen LogP contribution in [-0.4, -0.2) is 62.0 Å². The summed E-state index contributed by atoms with van der Waals surface area (Å²) in [5.74, 6) is 0.178. The molecule has 4 N–H and O–H groups in total. The molecule has 45 heavy (non-hydrogen) atoms. The van der Waals surface area contributed by atoms with Crippen molar-refractivity contribution >= 4 is 27.7 Å². The number of anilines is 1. The van der Waals surface area contributed by atoms with Crippen molar-refractivity contribution in [3.8, 4) is 16.9 Å². The Balaban J connectivity index is 1.44. The number of rotatable bonds is 11. The van der Waals surface area contributed by atoms with E-state index in [2.05, 4.69) is 4.72 Å². The van der Waals surface area contributed by atoms with Gasteiger partial charge in [0.2, 0.25) is 10.0 Å². The Bertz CT molecular complexity index is 1580. The minimum atomic E-state index is -3.68. The molecule has 3 aromatic carbocycles. The van der Waals surface area contributed by atoms with Crippen molar-refractivity contribution in [1.82, 2.24) is 9.62 Å². The lowest BCUT2D eigenvalue weighted by Crippen LogP contribution is -2.41. The molecule has 11 heteroatoms. The lowest BCUT2D eigenvalue weighted by Gasteiger charge is -2.29. The van der Waals surface area contributed by atoms with Crippen LogP contribution in [0.15, 0.2) is 66.7 Å². The van der Waals surface area contributed by atoms with E-state index in [0.717, 1.165) is 48.6 Å². The second-order valence-electron chi connectivity index (χ2n) is 12.5. The van der Waals surface area contributed by atoms with Gasteiger partial charge in [0.15, 0.2) is 0 Å². The minimum absolute atomic E-state index is 0.0165. The number of nitrogens with two attached hydrogens (primary N) is 1. The van der Waals surface area contributed by atoms with Gasteiger partial charge >= 0.3 is 6.09 Å². The van der Waals surface area contributed by atoms with Crippen LogP contribution in [0.5, 0.6) is 5.75 Å². The SMILES string of the molecule is CC(C)(C)OC(=O)N(CCOc1ccc(-c2ccc(C(=O)NS(C)(=O)=O)c(C3CCCC3)c2)cc1)C[C@H](O)c1ccc(N)cc1. The molecule has 0 aliphatic heterocycles. The Morgan fingerprint density at radius 1 is 1.00 bits per heavy atom. The third-order valence-electron chi connectivity index (χ3n) is 7.55. The molecule has 0 saturated heterocycles. The number of sulfonamides is 1.